The van der Waals surface area contributed by atoms with Gasteiger partial charge < -0.3 is 10.4 Å². The van der Waals surface area contributed by atoms with Crippen LogP contribution in [0.3, 0.4) is 0 Å². The lowest BCUT2D eigenvalue weighted by Gasteiger charge is -2.37. The summed E-state index contributed by atoms with van der Waals surface area (Å²) in [5.74, 6) is 0.830. The van der Waals surface area contributed by atoms with Crippen LogP contribution in [0.1, 0.15) is 57.9 Å². The zero-order valence-corrected chi connectivity index (χ0v) is 13.6. The highest BCUT2D eigenvalue weighted by molar-refractivity contribution is 5.15. The average molecular weight is 289 g/mol. The third-order valence-electron chi connectivity index (χ3n) is 5.15. The molecule has 0 aromatic heterocycles. The lowest BCUT2D eigenvalue weighted by molar-refractivity contribution is -0.0107. The molecule has 0 radical (unpaired) electrons. The fourth-order valence-electron chi connectivity index (χ4n) is 3.39. The number of benzene rings is 1. The molecule has 2 nitrogen and oxygen atoms in total. The Hall–Kier alpha value is -0.860. The van der Waals surface area contributed by atoms with Gasteiger partial charge in [0.1, 0.15) is 0 Å². The molecule has 0 amide bonds. The zero-order valence-electron chi connectivity index (χ0n) is 13.6. The fraction of sp³-hybridized carbons (Fsp3) is 0.684. The van der Waals surface area contributed by atoms with Gasteiger partial charge >= 0.3 is 0 Å². The number of rotatable bonds is 7. The molecule has 1 unspecified atom stereocenters. The Morgan fingerprint density at radius 1 is 1.19 bits per heavy atom. The highest BCUT2D eigenvalue weighted by atomic mass is 16.3. The van der Waals surface area contributed by atoms with Gasteiger partial charge in [-0.25, -0.2) is 0 Å². The van der Waals surface area contributed by atoms with Gasteiger partial charge in [0.05, 0.1) is 5.60 Å². The molecule has 0 heterocycles. The Bertz CT molecular complexity index is 395. The van der Waals surface area contributed by atoms with Crippen molar-refractivity contribution in [3.63, 3.8) is 0 Å². The summed E-state index contributed by atoms with van der Waals surface area (Å²) < 4.78 is 0. The molecule has 118 valence electrons. The molecular formula is C19H31NO. The average Bonchev–Trinajstić information content (AvgIpc) is 2.53. The summed E-state index contributed by atoms with van der Waals surface area (Å²) >= 11 is 0. The van der Waals surface area contributed by atoms with Crippen LogP contribution >= 0.6 is 0 Å². The van der Waals surface area contributed by atoms with Gasteiger partial charge in [0.15, 0.2) is 0 Å². The smallest absolute Gasteiger partial charge is 0.0771 e. The van der Waals surface area contributed by atoms with Crippen LogP contribution in [0.2, 0.25) is 0 Å². The second-order valence-corrected chi connectivity index (χ2v) is 6.75. The molecule has 0 bridgehead atoms. The van der Waals surface area contributed by atoms with Crippen LogP contribution in [0, 0.1) is 5.92 Å². The van der Waals surface area contributed by atoms with Gasteiger partial charge in [0.2, 0.25) is 0 Å². The van der Waals surface area contributed by atoms with Gasteiger partial charge in [-0.1, -0.05) is 50.6 Å². The summed E-state index contributed by atoms with van der Waals surface area (Å²) in [6, 6.07) is 11.1. The summed E-state index contributed by atoms with van der Waals surface area (Å²) in [6.45, 7) is 5.23. The van der Waals surface area contributed by atoms with Crippen LogP contribution in [-0.2, 0) is 6.42 Å². The third-order valence-corrected chi connectivity index (χ3v) is 5.15. The summed E-state index contributed by atoms with van der Waals surface area (Å²) in [5.41, 5.74) is 0.897. The molecule has 2 rings (SSSR count). The molecule has 21 heavy (non-hydrogen) atoms. The quantitative estimate of drug-likeness (QED) is 0.797. The number of hydrogen-bond donors (Lipinski definition) is 2. The highest BCUT2D eigenvalue weighted by Crippen LogP contribution is 2.33. The second-order valence-electron chi connectivity index (χ2n) is 6.75. The molecule has 0 aliphatic heterocycles. The van der Waals surface area contributed by atoms with E-state index in [1.807, 2.05) is 0 Å². The van der Waals surface area contributed by atoms with E-state index in [4.69, 9.17) is 0 Å². The van der Waals surface area contributed by atoms with E-state index in [2.05, 4.69) is 49.5 Å². The van der Waals surface area contributed by atoms with Crippen molar-refractivity contribution >= 4 is 0 Å². The Morgan fingerprint density at radius 2 is 1.86 bits per heavy atom. The second kappa shape index (κ2) is 7.95. The minimum Gasteiger partial charge on any atom is -0.389 e. The molecule has 1 aromatic rings. The summed E-state index contributed by atoms with van der Waals surface area (Å²) in [5, 5.41) is 14.3. The van der Waals surface area contributed by atoms with Gasteiger partial charge in [0.25, 0.3) is 0 Å². The van der Waals surface area contributed by atoms with E-state index in [-0.39, 0.29) is 0 Å². The van der Waals surface area contributed by atoms with Crippen LogP contribution in [0.5, 0.6) is 0 Å². The van der Waals surface area contributed by atoms with Crippen LogP contribution in [0.4, 0.5) is 0 Å². The van der Waals surface area contributed by atoms with Crippen molar-refractivity contribution in [2.75, 3.05) is 6.54 Å². The van der Waals surface area contributed by atoms with E-state index < -0.39 is 5.60 Å². The third kappa shape index (κ3) is 5.12. The first-order valence-corrected chi connectivity index (χ1v) is 8.65. The van der Waals surface area contributed by atoms with Crippen molar-refractivity contribution in [3.8, 4) is 0 Å². The van der Waals surface area contributed by atoms with E-state index in [0.29, 0.717) is 6.04 Å². The SMILES string of the molecule is CCC1CCC(O)(CNC(CC)Cc2ccccc2)CC1. The summed E-state index contributed by atoms with van der Waals surface area (Å²) in [7, 11) is 0. The van der Waals surface area contributed by atoms with E-state index in [1.165, 1.54) is 24.8 Å². The molecule has 1 saturated carbocycles. The minimum absolute atomic E-state index is 0.459. The molecule has 0 spiro atoms. The number of nitrogens with one attached hydrogen (secondary N) is 1. The maximum Gasteiger partial charge on any atom is 0.0771 e. The largest absolute Gasteiger partial charge is 0.389 e. The molecule has 1 atom stereocenters. The van der Waals surface area contributed by atoms with Crippen LogP contribution in [0.15, 0.2) is 30.3 Å². The van der Waals surface area contributed by atoms with Crippen molar-refractivity contribution in [1.29, 1.82) is 0 Å². The standard InChI is InChI=1S/C19H31NO/c1-3-16-10-12-19(21,13-11-16)15-20-18(4-2)14-17-8-6-5-7-9-17/h5-9,16,18,20-21H,3-4,10-15H2,1-2H3. The zero-order chi connectivity index (χ0) is 15.1. The van der Waals surface area contributed by atoms with E-state index in [9.17, 15) is 5.11 Å². The molecular weight excluding hydrogens is 258 g/mol. The predicted octanol–water partition coefficient (Wildman–Crippen LogP) is 3.93. The summed E-state index contributed by atoms with van der Waals surface area (Å²) in [4.78, 5) is 0. The van der Waals surface area contributed by atoms with Crippen molar-refractivity contribution in [3.05, 3.63) is 35.9 Å². The van der Waals surface area contributed by atoms with Crippen LogP contribution in [0.25, 0.3) is 0 Å². The molecule has 2 heteroatoms. The van der Waals surface area contributed by atoms with Crippen molar-refractivity contribution in [1.82, 2.24) is 5.32 Å². The number of hydrogen-bond acceptors (Lipinski definition) is 2. The topological polar surface area (TPSA) is 32.3 Å². The maximum absolute atomic E-state index is 10.7. The first kappa shape index (κ1) is 16.5. The van der Waals surface area contributed by atoms with E-state index in [1.54, 1.807) is 0 Å². The van der Waals surface area contributed by atoms with Gasteiger partial charge in [0, 0.05) is 12.6 Å². The Morgan fingerprint density at radius 3 is 2.43 bits per heavy atom. The first-order valence-electron chi connectivity index (χ1n) is 8.65. The Labute approximate surface area is 130 Å². The normalized spacial score (nSPS) is 27.5. The maximum atomic E-state index is 10.7. The van der Waals surface area contributed by atoms with Crippen molar-refractivity contribution < 1.29 is 5.11 Å². The molecule has 1 fully saturated rings. The molecule has 0 saturated heterocycles. The fourth-order valence-corrected chi connectivity index (χ4v) is 3.39. The van der Waals surface area contributed by atoms with Crippen LogP contribution < -0.4 is 5.32 Å². The molecule has 1 aromatic carbocycles. The van der Waals surface area contributed by atoms with Gasteiger partial charge in [-0.15, -0.1) is 0 Å². The van der Waals surface area contributed by atoms with E-state index >= 15 is 0 Å². The van der Waals surface area contributed by atoms with Crippen molar-refractivity contribution in [2.24, 2.45) is 5.92 Å². The van der Waals surface area contributed by atoms with Crippen LogP contribution in [-0.4, -0.2) is 23.3 Å². The van der Waals surface area contributed by atoms with Gasteiger partial charge in [-0.05, 0) is 50.0 Å². The Kier molecular flexibility index (Phi) is 6.25. The predicted molar refractivity (Wildman–Crippen MR) is 89.4 cm³/mol. The minimum atomic E-state index is -0.476. The summed E-state index contributed by atoms with van der Waals surface area (Å²) in [6.07, 6.45) is 7.69. The van der Waals surface area contributed by atoms with Gasteiger partial charge in [-0.2, -0.15) is 0 Å². The lowest BCUT2D eigenvalue weighted by Crippen LogP contribution is -2.47. The molecule has 1 aliphatic rings. The monoisotopic (exact) mass is 289 g/mol. The highest BCUT2D eigenvalue weighted by Gasteiger charge is 2.32. The van der Waals surface area contributed by atoms with E-state index in [0.717, 1.165) is 38.1 Å². The molecule has 2 N–H and O–H groups in total. The molecule has 1 aliphatic carbocycles. The first-order chi connectivity index (χ1) is 10.1. The van der Waals surface area contributed by atoms with Crippen molar-refractivity contribution in [2.45, 2.75) is 70.4 Å². The lowest BCUT2D eigenvalue weighted by atomic mass is 9.77. The Balaban J connectivity index is 1.80. The van der Waals surface area contributed by atoms with Gasteiger partial charge in [-0.3, -0.25) is 0 Å². The number of aliphatic hydroxyl groups is 1.